The van der Waals surface area contributed by atoms with Gasteiger partial charge in [-0.05, 0) is 6.92 Å². The van der Waals surface area contributed by atoms with Gasteiger partial charge in [-0.1, -0.05) is 0 Å². The summed E-state index contributed by atoms with van der Waals surface area (Å²) < 4.78 is 4.54. The van der Waals surface area contributed by atoms with E-state index in [1.54, 1.807) is 6.92 Å². The highest BCUT2D eigenvalue weighted by Gasteiger charge is 2.36. The van der Waals surface area contributed by atoms with E-state index in [1.807, 2.05) is 0 Å². The molecular weight excluding hydrogens is 120 g/mol. The normalized spacial score (nSPS) is 25.7. The van der Waals surface area contributed by atoms with Gasteiger partial charge in [-0.25, -0.2) is 4.79 Å². The van der Waals surface area contributed by atoms with Gasteiger partial charge in [0.25, 0.3) is 0 Å². The Labute approximate surface area is 52.1 Å². The second kappa shape index (κ2) is 1.99. The van der Waals surface area contributed by atoms with E-state index in [0.29, 0.717) is 6.61 Å². The van der Waals surface area contributed by atoms with Gasteiger partial charge in [0, 0.05) is 0 Å². The third-order valence-corrected chi connectivity index (χ3v) is 1.25. The Bertz CT molecular complexity index is 193. The number of nitrogens with zero attached hydrogens (tertiary/aromatic N) is 2. The molecule has 1 fully saturated rings. The molecule has 0 aromatic heterocycles. The molecule has 1 saturated heterocycles. The number of hydrogen-bond acceptors (Lipinski definition) is 2. The molecule has 4 heteroatoms. The highest BCUT2D eigenvalue weighted by molar-refractivity contribution is 6.36. The van der Waals surface area contributed by atoms with Crippen molar-refractivity contribution >= 4 is 11.7 Å². The zero-order valence-corrected chi connectivity index (χ0v) is 5.00. The van der Waals surface area contributed by atoms with Crippen LogP contribution in [0.5, 0.6) is 0 Å². The number of rotatable bonds is 0. The molecule has 4 nitrogen and oxygen atoms in total. The molecule has 1 unspecified atom stereocenters. The first-order valence-electron chi connectivity index (χ1n) is 2.64. The van der Waals surface area contributed by atoms with Gasteiger partial charge >= 0.3 is 11.7 Å². The highest BCUT2D eigenvalue weighted by Crippen LogP contribution is 2.07. The summed E-state index contributed by atoms with van der Waals surface area (Å²) in [7, 11) is 0. The van der Waals surface area contributed by atoms with E-state index in [-0.39, 0.29) is 11.6 Å². The van der Waals surface area contributed by atoms with Crippen molar-refractivity contribution in [1.82, 2.24) is 0 Å². The minimum atomic E-state index is -0.509. The van der Waals surface area contributed by atoms with Crippen LogP contribution < -0.4 is 0 Å². The van der Waals surface area contributed by atoms with Gasteiger partial charge in [0.15, 0.2) is 0 Å². The third kappa shape index (κ3) is 0.840. The average molecular weight is 126 g/mol. The Morgan fingerprint density at radius 2 is 2.56 bits per heavy atom. The van der Waals surface area contributed by atoms with Crippen LogP contribution in [0.4, 0.5) is 0 Å². The largest absolute Gasteiger partial charge is 0.456 e. The molecule has 0 spiro atoms. The molecule has 1 rings (SSSR count). The SMILES string of the molecule is CC1COC(=O)C1=[N+]=[N-]. The average Bonchev–Trinajstić information content (AvgIpc) is 2.12. The topological polar surface area (TPSA) is 62.7 Å². The van der Waals surface area contributed by atoms with Gasteiger partial charge < -0.3 is 10.3 Å². The summed E-state index contributed by atoms with van der Waals surface area (Å²) in [5.74, 6) is -0.576. The van der Waals surface area contributed by atoms with E-state index in [0.717, 1.165) is 0 Å². The molecule has 0 amide bonds. The third-order valence-electron chi connectivity index (χ3n) is 1.25. The summed E-state index contributed by atoms with van der Waals surface area (Å²) in [6.45, 7) is 2.10. The maximum Gasteiger partial charge on any atom is 0.417 e. The zero-order valence-electron chi connectivity index (χ0n) is 5.00. The molecule has 1 heterocycles. The Hall–Kier alpha value is -1.15. The van der Waals surface area contributed by atoms with Gasteiger partial charge in [0.05, 0.1) is 5.92 Å². The number of esters is 1. The predicted molar refractivity (Wildman–Crippen MR) is 28.7 cm³/mol. The van der Waals surface area contributed by atoms with E-state index >= 15 is 0 Å². The van der Waals surface area contributed by atoms with Crippen molar-refractivity contribution in [1.29, 1.82) is 0 Å². The van der Waals surface area contributed by atoms with Crippen molar-refractivity contribution in [3.63, 3.8) is 0 Å². The van der Waals surface area contributed by atoms with Crippen LogP contribution in [0.3, 0.4) is 0 Å². The van der Waals surface area contributed by atoms with E-state index in [4.69, 9.17) is 5.53 Å². The summed E-state index contributed by atoms with van der Waals surface area (Å²) in [4.78, 5) is 13.3. The first-order chi connectivity index (χ1) is 4.25. The fraction of sp³-hybridized carbons (Fsp3) is 0.600. The molecule has 0 bridgehead atoms. The van der Waals surface area contributed by atoms with Crippen LogP contribution in [0.25, 0.3) is 5.53 Å². The van der Waals surface area contributed by atoms with Crippen LogP contribution in [0.1, 0.15) is 6.92 Å². The molecule has 1 atom stereocenters. The lowest BCUT2D eigenvalue weighted by molar-refractivity contribution is -0.136. The van der Waals surface area contributed by atoms with Crippen LogP contribution >= 0.6 is 0 Å². The van der Waals surface area contributed by atoms with Crippen LogP contribution in [0, 0.1) is 5.92 Å². The number of carbonyl (C=O) groups is 1. The van der Waals surface area contributed by atoms with Gasteiger partial charge in [0.2, 0.25) is 0 Å². The minimum Gasteiger partial charge on any atom is -0.456 e. The van der Waals surface area contributed by atoms with E-state index in [2.05, 4.69) is 9.53 Å². The smallest absolute Gasteiger partial charge is 0.417 e. The van der Waals surface area contributed by atoms with Crippen LogP contribution in [0.2, 0.25) is 0 Å². The maximum absolute atomic E-state index is 10.5. The number of hydrogen-bond donors (Lipinski definition) is 0. The summed E-state index contributed by atoms with van der Waals surface area (Å²) >= 11 is 0. The van der Waals surface area contributed by atoms with Crippen LogP contribution in [0.15, 0.2) is 0 Å². The lowest BCUT2D eigenvalue weighted by Gasteiger charge is -1.83. The molecule has 0 aliphatic carbocycles. The second-order valence-corrected chi connectivity index (χ2v) is 1.98. The Balaban J connectivity index is 2.91. The molecule has 0 N–H and O–H groups in total. The molecule has 1 aliphatic rings. The van der Waals surface area contributed by atoms with E-state index in [9.17, 15) is 4.79 Å². The number of ether oxygens (including phenoxy) is 1. The van der Waals surface area contributed by atoms with Gasteiger partial charge in [-0.3, -0.25) is 0 Å². The molecular formula is C5H6N2O2. The molecule has 0 aromatic carbocycles. The van der Waals surface area contributed by atoms with Crippen molar-refractivity contribution in [3.8, 4) is 0 Å². The monoisotopic (exact) mass is 126 g/mol. The summed E-state index contributed by atoms with van der Waals surface area (Å²) in [6.07, 6.45) is 0. The first kappa shape index (κ1) is 5.98. The standard InChI is InChI=1S/C5H6N2O2/c1-3-2-9-5(8)4(3)7-6/h3H,2H2,1H3. The Kier molecular flexibility index (Phi) is 1.32. The van der Waals surface area contributed by atoms with Gasteiger partial charge in [-0.2, -0.15) is 4.79 Å². The van der Waals surface area contributed by atoms with E-state index in [1.165, 1.54) is 0 Å². The van der Waals surface area contributed by atoms with Crippen molar-refractivity contribution in [2.45, 2.75) is 6.92 Å². The number of cyclic esters (lactones) is 1. The molecule has 48 valence electrons. The van der Waals surface area contributed by atoms with Crippen molar-refractivity contribution in [3.05, 3.63) is 5.53 Å². The quantitative estimate of drug-likeness (QED) is 0.257. The predicted octanol–water partition coefficient (Wildman–Crippen LogP) is -0.150. The van der Waals surface area contributed by atoms with Crippen molar-refractivity contribution < 1.29 is 14.3 Å². The summed E-state index contributed by atoms with van der Waals surface area (Å²) in [6, 6.07) is 0. The van der Waals surface area contributed by atoms with Gasteiger partial charge in [-0.15, -0.1) is 0 Å². The Morgan fingerprint density at radius 3 is 2.78 bits per heavy atom. The lowest BCUT2D eigenvalue weighted by Crippen LogP contribution is -2.13. The number of carbonyl (C=O) groups excluding carboxylic acids is 1. The summed E-state index contributed by atoms with van der Waals surface area (Å²) in [5, 5.41) is 0. The van der Waals surface area contributed by atoms with Crippen molar-refractivity contribution in [2.75, 3.05) is 6.61 Å². The lowest BCUT2D eigenvalue weighted by atomic mass is 10.1. The molecule has 0 aromatic rings. The fourth-order valence-electron chi connectivity index (χ4n) is 0.694. The summed E-state index contributed by atoms with van der Waals surface area (Å²) in [5.41, 5.74) is 8.31. The second-order valence-electron chi connectivity index (χ2n) is 1.98. The van der Waals surface area contributed by atoms with Crippen molar-refractivity contribution in [2.24, 2.45) is 5.92 Å². The first-order valence-corrected chi connectivity index (χ1v) is 2.64. The Morgan fingerprint density at radius 1 is 1.89 bits per heavy atom. The maximum atomic E-state index is 10.5. The molecule has 0 saturated carbocycles. The van der Waals surface area contributed by atoms with Crippen LogP contribution in [-0.4, -0.2) is 23.1 Å². The van der Waals surface area contributed by atoms with E-state index < -0.39 is 5.97 Å². The molecule has 0 radical (unpaired) electrons. The molecule has 1 aliphatic heterocycles. The highest BCUT2D eigenvalue weighted by atomic mass is 16.5. The molecule has 9 heavy (non-hydrogen) atoms. The fourth-order valence-corrected chi connectivity index (χ4v) is 0.694. The minimum absolute atomic E-state index is 0.0671. The zero-order chi connectivity index (χ0) is 6.85. The van der Waals surface area contributed by atoms with Crippen LogP contribution in [-0.2, 0) is 9.53 Å². The van der Waals surface area contributed by atoms with Gasteiger partial charge in [0.1, 0.15) is 6.61 Å².